The number of rotatable bonds is 6. The van der Waals surface area contributed by atoms with Gasteiger partial charge in [0.2, 0.25) is 0 Å². The molecule has 0 bridgehead atoms. The van der Waals surface area contributed by atoms with Crippen LogP contribution >= 0.6 is 0 Å². The molecular formula is C15H18O6. The molecule has 1 aromatic rings. The highest BCUT2D eigenvalue weighted by Gasteiger charge is 2.43. The summed E-state index contributed by atoms with van der Waals surface area (Å²) >= 11 is 0. The third-order valence-electron chi connectivity index (χ3n) is 3.38. The van der Waals surface area contributed by atoms with Gasteiger partial charge in [0.05, 0.1) is 34.0 Å². The van der Waals surface area contributed by atoms with Gasteiger partial charge in [-0.05, 0) is 17.7 Å². The number of carbonyl (C=O) groups is 2. The van der Waals surface area contributed by atoms with E-state index >= 15 is 0 Å². The minimum atomic E-state index is -0.883. The molecule has 114 valence electrons. The molecule has 0 radical (unpaired) electrons. The van der Waals surface area contributed by atoms with Gasteiger partial charge in [0.15, 0.2) is 5.92 Å². The van der Waals surface area contributed by atoms with Crippen LogP contribution in [0, 0.1) is 11.8 Å². The van der Waals surface area contributed by atoms with Crippen LogP contribution < -0.4 is 4.74 Å². The third kappa shape index (κ3) is 3.72. The Balaban J connectivity index is 1.84. The molecule has 2 rings (SSSR count). The zero-order valence-electron chi connectivity index (χ0n) is 12.0. The topological polar surface area (TPSA) is 71.1 Å². The lowest BCUT2D eigenvalue weighted by molar-refractivity contribution is -0.155. The van der Waals surface area contributed by atoms with Gasteiger partial charge in [0, 0.05) is 5.92 Å². The van der Waals surface area contributed by atoms with E-state index in [0.29, 0.717) is 6.61 Å². The Bertz CT molecular complexity index is 495. The van der Waals surface area contributed by atoms with E-state index in [1.807, 2.05) is 24.3 Å². The first-order chi connectivity index (χ1) is 10.2. The molecule has 2 unspecified atom stereocenters. The zero-order valence-corrected chi connectivity index (χ0v) is 12.0. The van der Waals surface area contributed by atoms with Gasteiger partial charge in [0.25, 0.3) is 0 Å². The maximum atomic E-state index is 11.5. The van der Waals surface area contributed by atoms with E-state index in [0.717, 1.165) is 11.3 Å². The summed E-state index contributed by atoms with van der Waals surface area (Å²) in [6.45, 7) is 0.835. The molecule has 0 spiro atoms. The van der Waals surface area contributed by atoms with Crippen molar-refractivity contribution in [2.24, 2.45) is 11.8 Å². The van der Waals surface area contributed by atoms with Crippen LogP contribution in [-0.2, 0) is 30.4 Å². The average Bonchev–Trinajstić information content (AvgIpc) is 2.88. The van der Waals surface area contributed by atoms with E-state index in [9.17, 15) is 9.59 Å². The number of hydrogen-bond donors (Lipinski definition) is 0. The van der Waals surface area contributed by atoms with Crippen molar-refractivity contribution in [2.75, 3.05) is 27.4 Å². The van der Waals surface area contributed by atoms with Crippen molar-refractivity contribution in [3.8, 4) is 5.75 Å². The predicted octanol–water partition coefficient (Wildman–Crippen LogP) is 1.17. The Hall–Kier alpha value is -2.08. The third-order valence-corrected chi connectivity index (χ3v) is 3.38. The second kappa shape index (κ2) is 7.08. The van der Waals surface area contributed by atoms with Gasteiger partial charge in [-0.25, -0.2) is 0 Å². The Labute approximate surface area is 122 Å². The normalized spacial score (nSPS) is 21.0. The van der Waals surface area contributed by atoms with E-state index < -0.39 is 17.9 Å². The molecule has 0 saturated carbocycles. The summed E-state index contributed by atoms with van der Waals surface area (Å²) in [5.41, 5.74) is 0.982. The second-order valence-electron chi connectivity index (χ2n) is 4.75. The van der Waals surface area contributed by atoms with Gasteiger partial charge in [0.1, 0.15) is 5.75 Å². The highest BCUT2D eigenvalue weighted by atomic mass is 16.6. The second-order valence-corrected chi connectivity index (χ2v) is 4.75. The summed E-state index contributed by atoms with van der Waals surface area (Å²) in [6, 6.07) is 7.48. The van der Waals surface area contributed by atoms with E-state index in [4.69, 9.17) is 14.2 Å². The minimum Gasteiger partial charge on any atom is -0.497 e. The molecule has 1 fully saturated rings. The fourth-order valence-corrected chi connectivity index (χ4v) is 2.18. The molecule has 0 aromatic heterocycles. The number of methoxy groups -OCH3 is 2. The first-order valence-electron chi connectivity index (χ1n) is 6.61. The molecule has 1 aromatic carbocycles. The molecule has 0 aliphatic carbocycles. The molecule has 0 amide bonds. The molecular weight excluding hydrogens is 276 g/mol. The van der Waals surface area contributed by atoms with E-state index in [1.165, 1.54) is 7.11 Å². The first-order valence-corrected chi connectivity index (χ1v) is 6.61. The van der Waals surface area contributed by atoms with Gasteiger partial charge >= 0.3 is 11.9 Å². The van der Waals surface area contributed by atoms with Crippen molar-refractivity contribution in [1.29, 1.82) is 0 Å². The van der Waals surface area contributed by atoms with Crippen LogP contribution in [0.15, 0.2) is 24.3 Å². The van der Waals surface area contributed by atoms with Gasteiger partial charge in [-0.2, -0.15) is 0 Å². The molecule has 1 saturated heterocycles. The zero-order chi connectivity index (χ0) is 15.2. The van der Waals surface area contributed by atoms with Crippen molar-refractivity contribution in [2.45, 2.75) is 6.61 Å². The van der Waals surface area contributed by atoms with Gasteiger partial charge in [-0.1, -0.05) is 12.1 Å². The fourth-order valence-electron chi connectivity index (χ4n) is 2.18. The Kier molecular flexibility index (Phi) is 5.16. The number of hydrogen-bond acceptors (Lipinski definition) is 6. The van der Waals surface area contributed by atoms with Gasteiger partial charge in [-0.3, -0.25) is 9.59 Å². The van der Waals surface area contributed by atoms with Crippen molar-refractivity contribution >= 4 is 11.9 Å². The van der Waals surface area contributed by atoms with Crippen LogP contribution in [0.2, 0.25) is 0 Å². The highest BCUT2D eigenvalue weighted by Crippen LogP contribution is 2.24. The summed E-state index contributed by atoms with van der Waals surface area (Å²) in [5, 5.41) is 0. The predicted molar refractivity (Wildman–Crippen MR) is 72.6 cm³/mol. The molecule has 1 heterocycles. The van der Waals surface area contributed by atoms with E-state index in [1.54, 1.807) is 7.11 Å². The van der Waals surface area contributed by atoms with Gasteiger partial charge in [-0.15, -0.1) is 0 Å². The summed E-state index contributed by atoms with van der Waals surface area (Å²) in [4.78, 5) is 23.0. The Morgan fingerprint density at radius 1 is 1.29 bits per heavy atom. The Morgan fingerprint density at radius 3 is 2.62 bits per heavy atom. The average molecular weight is 294 g/mol. The molecule has 1 aliphatic rings. The number of benzene rings is 1. The van der Waals surface area contributed by atoms with Crippen molar-refractivity contribution < 1.29 is 28.5 Å². The standard InChI is InChI=1S/C15H18O6/c1-18-12-5-3-10(4-6-12)7-20-8-11-9-21-15(17)13(11)14(16)19-2/h3-6,11,13H,7-9H2,1-2H3. The van der Waals surface area contributed by atoms with Crippen LogP contribution in [0.3, 0.4) is 0 Å². The SMILES string of the molecule is COC(=O)C1C(=O)OCC1COCc1ccc(OC)cc1. The monoisotopic (exact) mass is 294 g/mol. The van der Waals surface area contributed by atoms with Crippen LogP contribution in [0.5, 0.6) is 5.75 Å². The number of carbonyl (C=O) groups excluding carboxylic acids is 2. The van der Waals surface area contributed by atoms with Crippen molar-refractivity contribution in [3.63, 3.8) is 0 Å². The molecule has 1 aliphatic heterocycles. The first kappa shape index (κ1) is 15.3. The molecule has 2 atom stereocenters. The number of esters is 2. The van der Waals surface area contributed by atoms with Crippen LogP contribution in [0.4, 0.5) is 0 Å². The maximum absolute atomic E-state index is 11.5. The molecule has 6 nitrogen and oxygen atoms in total. The number of cyclic esters (lactones) is 1. The lowest BCUT2D eigenvalue weighted by Gasteiger charge is -2.13. The van der Waals surface area contributed by atoms with Crippen LogP contribution in [0.1, 0.15) is 5.56 Å². The highest BCUT2D eigenvalue weighted by molar-refractivity contribution is 5.96. The lowest BCUT2D eigenvalue weighted by atomic mass is 9.96. The maximum Gasteiger partial charge on any atom is 0.320 e. The van der Waals surface area contributed by atoms with Crippen LogP contribution in [0.25, 0.3) is 0 Å². The smallest absolute Gasteiger partial charge is 0.320 e. The largest absolute Gasteiger partial charge is 0.497 e. The molecule has 21 heavy (non-hydrogen) atoms. The van der Waals surface area contributed by atoms with E-state index in [-0.39, 0.29) is 19.1 Å². The Morgan fingerprint density at radius 2 is 2.00 bits per heavy atom. The lowest BCUT2D eigenvalue weighted by Crippen LogP contribution is -2.29. The number of ether oxygens (including phenoxy) is 4. The van der Waals surface area contributed by atoms with Crippen LogP contribution in [-0.4, -0.2) is 39.4 Å². The fraction of sp³-hybridized carbons (Fsp3) is 0.467. The minimum absolute atomic E-state index is 0.182. The summed E-state index contributed by atoms with van der Waals surface area (Å²) < 4.78 is 20.2. The molecule has 6 heteroatoms. The summed E-state index contributed by atoms with van der Waals surface area (Å²) in [7, 11) is 2.86. The quantitative estimate of drug-likeness (QED) is 0.579. The van der Waals surface area contributed by atoms with Gasteiger partial charge < -0.3 is 18.9 Å². The van der Waals surface area contributed by atoms with E-state index in [2.05, 4.69) is 4.74 Å². The van der Waals surface area contributed by atoms with Crippen molar-refractivity contribution in [1.82, 2.24) is 0 Å². The molecule has 0 N–H and O–H groups in total. The summed E-state index contributed by atoms with van der Waals surface area (Å²) in [6.07, 6.45) is 0. The van der Waals surface area contributed by atoms with Crippen molar-refractivity contribution in [3.05, 3.63) is 29.8 Å². The summed E-state index contributed by atoms with van der Waals surface area (Å²) in [5.74, 6) is -1.52.